The zero-order chi connectivity index (χ0) is 27.1. The number of carbonyl (C=O) groups is 4. The first kappa shape index (κ1) is 27.0. The second-order valence-corrected chi connectivity index (χ2v) is 9.63. The normalized spacial score (nSPS) is 21.1. The maximum absolute atomic E-state index is 13.8. The summed E-state index contributed by atoms with van der Waals surface area (Å²) in [6, 6.07) is 15.7. The summed E-state index contributed by atoms with van der Waals surface area (Å²) >= 11 is 0. The van der Waals surface area contributed by atoms with Gasteiger partial charge in [-0.2, -0.15) is 0 Å². The van der Waals surface area contributed by atoms with Crippen molar-refractivity contribution < 1.29 is 23.9 Å². The molecule has 2 aliphatic rings. The molecule has 2 aliphatic heterocycles. The average molecular weight is 522 g/mol. The molecule has 2 aromatic carbocycles. The molecule has 2 unspecified atom stereocenters. The van der Waals surface area contributed by atoms with Gasteiger partial charge in [-0.15, -0.1) is 0 Å². The first-order valence-corrected chi connectivity index (χ1v) is 13.0. The Morgan fingerprint density at radius 2 is 1.74 bits per heavy atom. The summed E-state index contributed by atoms with van der Waals surface area (Å²) in [4.78, 5) is 56.9. The number of benzene rings is 2. The van der Waals surface area contributed by atoms with Crippen LogP contribution in [-0.2, 0) is 27.3 Å². The molecule has 0 aliphatic carbocycles. The second kappa shape index (κ2) is 12.4. The highest BCUT2D eigenvalue weighted by atomic mass is 16.5. The number of urea groups is 1. The number of fused-ring (bicyclic) bond motifs is 1. The molecule has 0 aromatic heterocycles. The van der Waals surface area contributed by atoms with Crippen LogP contribution >= 0.6 is 0 Å². The smallest absolute Gasteiger partial charge is 0.314 e. The van der Waals surface area contributed by atoms with Crippen LogP contribution in [0.25, 0.3) is 0 Å². The van der Waals surface area contributed by atoms with Crippen LogP contribution in [0.5, 0.6) is 5.75 Å². The van der Waals surface area contributed by atoms with Crippen molar-refractivity contribution in [1.82, 2.24) is 25.3 Å². The van der Waals surface area contributed by atoms with Gasteiger partial charge >= 0.3 is 6.03 Å². The van der Waals surface area contributed by atoms with E-state index >= 15 is 0 Å². The number of rotatable bonds is 10. The van der Waals surface area contributed by atoms with Crippen LogP contribution in [0.2, 0.25) is 0 Å². The van der Waals surface area contributed by atoms with E-state index in [1.165, 1.54) is 4.90 Å². The van der Waals surface area contributed by atoms with Crippen LogP contribution < -0.4 is 15.4 Å². The molecule has 2 saturated heterocycles. The van der Waals surface area contributed by atoms with Crippen molar-refractivity contribution >= 4 is 24.3 Å². The number of carbonyl (C=O) groups excluding carboxylic acids is 4. The van der Waals surface area contributed by atoms with Crippen molar-refractivity contribution in [2.24, 2.45) is 5.92 Å². The van der Waals surface area contributed by atoms with Crippen molar-refractivity contribution in [3.05, 3.63) is 65.7 Å². The molecule has 4 rings (SSSR count). The zero-order valence-electron chi connectivity index (χ0n) is 21.8. The Bertz CT molecular complexity index is 1130. The molecule has 0 radical (unpaired) electrons. The summed E-state index contributed by atoms with van der Waals surface area (Å²) in [5.74, 6) is -0.261. The summed E-state index contributed by atoms with van der Waals surface area (Å²) in [7, 11) is 1.59. The Labute approximate surface area is 222 Å². The minimum atomic E-state index is -0.932. The summed E-state index contributed by atoms with van der Waals surface area (Å²) in [6.45, 7) is 3.19. The van der Waals surface area contributed by atoms with Crippen molar-refractivity contribution in [1.29, 1.82) is 0 Å². The van der Waals surface area contributed by atoms with Gasteiger partial charge < -0.3 is 30.1 Å². The van der Waals surface area contributed by atoms with Crippen molar-refractivity contribution in [2.75, 3.05) is 33.3 Å². The molecular weight excluding hydrogens is 486 g/mol. The lowest BCUT2D eigenvalue weighted by molar-refractivity contribution is -0.176. The van der Waals surface area contributed by atoms with Crippen molar-refractivity contribution in [3.63, 3.8) is 0 Å². The molecule has 0 spiro atoms. The van der Waals surface area contributed by atoms with E-state index in [2.05, 4.69) is 10.6 Å². The van der Waals surface area contributed by atoms with E-state index in [-0.39, 0.29) is 31.4 Å². The molecule has 0 bridgehead atoms. The van der Waals surface area contributed by atoms with Crippen molar-refractivity contribution in [3.8, 4) is 5.75 Å². The van der Waals surface area contributed by atoms with E-state index in [4.69, 9.17) is 4.74 Å². The Hall–Kier alpha value is -4.08. The third kappa shape index (κ3) is 6.07. The van der Waals surface area contributed by atoms with Gasteiger partial charge in [-0.1, -0.05) is 49.4 Å². The topological polar surface area (TPSA) is 111 Å². The number of amides is 5. The molecule has 2 heterocycles. The number of piperazine rings is 1. The standard InChI is InChI=1S/C28H35N5O5/c1-3-13-29-28(37)30-15-24-27(36)31(16-21-7-5-4-6-8-21)18-25-32(19-34)17-22(26(35)33(24)25)14-20-9-11-23(38-2)12-10-20/h4-12,19,22,24-25H,3,13-18H2,1-2H3,(H2,29,30,37)/t22?,24-,25?/m0/s1. The third-order valence-corrected chi connectivity index (χ3v) is 7.04. The van der Waals surface area contributed by atoms with Crippen LogP contribution in [0.4, 0.5) is 4.79 Å². The SMILES string of the molecule is CCCNC(=O)NC[C@H]1C(=O)N(Cc2ccccc2)CC2N(C=O)CC(Cc3ccc(OC)cc3)C(=O)N21. The molecule has 5 amide bonds. The van der Waals surface area contributed by atoms with Gasteiger partial charge in [0.05, 0.1) is 19.6 Å². The van der Waals surface area contributed by atoms with Crippen LogP contribution in [0.1, 0.15) is 24.5 Å². The summed E-state index contributed by atoms with van der Waals surface area (Å²) in [5, 5.41) is 5.49. The fourth-order valence-electron chi connectivity index (χ4n) is 5.08. The van der Waals surface area contributed by atoms with Gasteiger partial charge in [-0.05, 0) is 36.1 Å². The predicted octanol–water partition coefficient (Wildman–Crippen LogP) is 1.60. The Morgan fingerprint density at radius 3 is 2.39 bits per heavy atom. The highest BCUT2D eigenvalue weighted by Gasteiger charge is 2.50. The van der Waals surface area contributed by atoms with Crippen LogP contribution in [-0.4, -0.2) is 84.5 Å². The molecule has 10 nitrogen and oxygen atoms in total. The lowest BCUT2D eigenvalue weighted by atomic mass is 9.92. The minimum absolute atomic E-state index is 0.0517. The van der Waals surface area contributed by atoms with Gasteiger partial charge in [-0.25, -0.2) is 4.79 Å². The average Bonchev–Trinajstić information content (AvgIpc) is 2.94. The summed E-state index contributed by atoms with van der Waals surface area (Å²) < 4.78 is 5.22. The Balaban J connectivity index is 1.59. The van der Waals surface area contributed by atoms with E-state index in [9.17, 15) is 19.2 Å². The molecule has 10 heteroatoms. The fraction of sp³-hybridized carbons (Fsp3) is 0.429. The number of hydrogen-bond acceptors (Lipinski definition) is 5. The van der Waals surface area contributed by atoms with Gasteiger partial charge in [0.25, 0.3) is 0 Å². The fourth-order valence-corrected chi connectivity index (χ4v) is 5.08. The molecule has 202 valence electrons. The molecule has 3 atom stereocenters. The number of nitrogens with zero attached hydrogens (tertiary/aromatic N) is 3. The lowest BCUT2D eigenvalue weighted by Gasteiger charge is -2.53. The number of nitrogens with one attached hydrogen (secondary N) is 2. The van der Waals surface area contributed by atoms with E-state index in [0.29, 0.717) is 25.3 Å². The maximum atomic E-state index is 13.8. The van der Waals surface area contributed by atoms with Gasteiger partial charge in [0, 0.05) is 26.2 Å². The number of hydrogen-bond donors (Lipinski definition) is 2. The van der Waals surface area contributed by atoms with E-state index in [1.807, 2.05) is 61.5 Å². The van der Waals surface area contributed by atoms with E-state index < -0.39 is 24.2 Å². The maximum Gasteiger partial charge on any atom is 0.314 e. The molecular formula is C28H35N5O5. The van der Waals surface area contributed by atoms with Gasteiger partial charge in [-0.3, -0.25) is 14.4 Å². The zero-order valence-corrected chi connectivity index (χ0v) is 21.8. The first-order chi connectivity index (χ1) is 18.4. The molecule has 2 N–H and O–H groups in total. The van der Waals surface area contributed by atoms with Crippen molar-refractivity contribution in [2.45, 2.75) is 38.5 Å². The quantitative estimate of drug-likeness (QED) is 0.462. The molecule has 38 heavy (non-hydrogen) atoms. The monoisotopic (exact) mass is 521 g/mol. The van der Waals surface area contributed by atoms with Gasteiger partial charge in [0.2, 0.25) is 18.2 Å². The van der Waals surface area contributed by atoms with Crippen LogP contribution in [0.15, 0.2) is 54.6 Å². The molecule has 2 fully saturated rings. The van der Waals surface area contributed by atoms with Crippen LogP contribution in [0, 0.1) is 5.92 Å². The van der Waals surface area contributed by atoms with Gasteiger partial charge in [0.1, 0.15) is 18.0 Å². The number of methoxy groups -OCH3 is 1. The highest BCUT2D eigenvalue weighted by Crippen LogP contribution is 2.30. The first-order valence-electron chi connectivity index (χ1n) is 13.0. The van der Waals surface area contributed by atoms with Crippen LogP contribution in [0.3, 0.4) is 0 Å². The van der Waals surface area contributed by atoms with Gasteiger partial charge in [0.15, 0.2) is 0 Å². The number of ether oxygens (including phenoxy) is 1. The Morgan fingerprint density at radius 1 is 1.00 bits per heavy atom. The summed E-state index contributed by atoms with van der Waals surface area (Å²) in [5.41, 5.74) is 1.87. The summed E-state index contributed by atoms with van der Waals surface area (Å²) in [6.07, 6.45) is 1.32. The molecule has 0 saturated carbocycles. The van der Waals surface area contributed by atoms with E-state index in [1.54, 1.807) is 16.9 Å². The molecule has 2 aromatic rings. The Kier molecular flexibility index (Phi) is 8.83. The predicted molar refractivity (Wildman–Crippen MR) is 141 cm³/mol. The van der Waals surface area contributed by atoms with E-state index in [0.717, 1.165) is 24.0 Å². The largest absolute Gasteiger partial charge is 0.497 e. The lowest BCUT2D eigenvalue weighted by Crippen LogP contribution is -2.73. The second-order valence-electron chi connectivity index (χ2n) is 9.63. The highest BCUT2D eigenvalue weighted by molar-refractivity contribution is 5.92. The third-order valence-electron chi connectivity index (χ3n) is 7.04. The minimum Gasteiger partial charge on any atom is -0.497 e.